The van der Waals surface area contributed by atoms with Crippen LogP contribution in [0.1, 0.15) is 47.1 Å². The Labute approximate surface area is 124 Å². The van der Waals surface area contributed by atoms with Gasteiger partial charge in [0.05, 0.1) is 0 Å². The standard InChI is InChI=1S/C12H14N6O4/c19-9(11-17-13-5-21-11)15-7-1-2-8(4-3-7)16-10(20)12-18-14-6-22-12/h5-8H,1-4H2,(H,15,19)(H,16,20). The van der Waals surface area contributed by atoms with Crippen molar-refractivity contribution in [1.82, 2.24) is 31.0 Å². The highest BCUT2D eigenvalue weighted by molar-refractivity contribution is 5.90. The average molecular weight is 306 g/mol. The summed E-state index contributed by atoms with van der Waals surface area (Å²) in [6.07, 6.45) is 5.20. The van der Waals surface area contributed by atoms with Crippen LogP contribution in [0.25, 0.3) is 0 Å². The molecule has 0 aliphatic heterocycles. The Kier molecular flexibility index (Phi) is 4.08. The van der Waals surface area contributed by atoms with E-state index in [-0.39, 0.29) is 35.7 Å². The number of nitrogens with zero attached hydrogens (tertiary/aromatic N) is 4. The maximum Gasteiger partial charge on any atom is 0.309 e. The molecular weight excluding hydrogens is 292 g/mol. The molecule has 22 heavy (non-hydrogen) atoms. The monoisotopic (exact) mass is 306 g/mol. The second-order valence-corrected chi connectivity index (χ2v) is 4.98. The summed E-state index contributed by atoms with van der Waals surface area (Å²) in [6.45, 7) is 0. The summed E-state index contributed by atoms with van der Waals surface area (Å²) in [6, 6.07) is 0.0481. The molecule has 10 nitrogen and oxygen atoms in total. The summed E-state index contributed by atoms with van der Waals surface area (Å²) in [4.78, 5) is 23.6. The fraction of sp³-hybridized carbons (Fsp3) is 0.500. The number of carbonyl (C=O) groups is 2. The van der Waals surface area contributed by atoms with Gasteiger partial charge in [0.2, 0.25) is 12.8 Å². The van der Waals surface area contributed by atoms with Crippen molar-refractivity contribution in [2.24, 2.45) is 0 Å². The largest absolute Gasteiger partial charge is 0.420 e. The first kappa shape index (κ1) is 14.2. The second-order valence-electron chi connectivity index (χ2n) is 4.98. The number of amides is 2. The first-order valence-electron chi connectivity index (χ1n) is 6.86. The summed E-state index contributed by atoms with van der Waals surface area (Å²) in [5.41, 5.74) is 0. The van der Waals surface area contributed by atoms with Crippen molar-refractivity contribution >= 4 is 11.8 Å². The number of carbonyl (C=O) groups excluding carboxylic acids is 2. The minimum atomic E-state index is -0.379. The van der Waals surface area contributed by atoms with Gasteiger partial charge in [-0.05, 0) is 25.7 Å². The Morgan fingerprint density at radius 2 is 1.27 bits per heavy atom. The Hall–Kier alpha value is -2.78. The molecule has 10 heteroatoms. The van der Waals surface area contributed by atoms with Gasteiger partial charge in [0.25, 0.3) is 0 Å². The van der Waals surface area contributed by atoms with Crippen LogP contribution in [-0.2, 0) is 0 Å². The van der Waals surface area contributed by atoms with Crippen LogP contribution in [0.15, 0.2) is 21.6 Å². The van der Waals surface area contributed by atoms with E-state index in [1.807, 2.05) is 0 Å². The van der Waals surface area contributed by atoms with Crippen LogP contribution in [0, 0.1) is 0 Å². The van der Waals surface area contributed by atoms with Gasteiger partial charge in [-0.2, -0.15) is 0 Å². The first-order valence-corrected chi connectivity index (χ1v) is 6.86. The normalized spacial score (nSPS) is 21.3. The Morgan fingerprint density at radius 1 is 0.864 bits per heavy atom. The lowest BCUT2D eigenvalue weighted by Gasteiger charge is -2.28. The average Bonchev–Trinajstić information content (AvgIpc) is 3.23. The minimum absolute atomic E-state index is 0.0240. The van der Waals surface area contributed by atoms with Gasteiger partial charge in [0.1, 0.15) is 0 Å². The van der Waals surface area contributed by atoms with Crippen molar-refractivity contribution in [2.45, 2.75) is 37.8 Å². The molecule has 0 aromatic carbocycles. The van der Waals surface area contributed by atoms with Crippen LogP contribution in [0.5, 0.6) is 0 Å². The fourth-order valence-corrected chi connectivity index (χ4v) is 2.42. The van der Waals surface area contributed by atoms with Gasteiger partial charge < -0.3 is 19.5 Å². The summed E-state index contributed by atoms with van der Waals surface area (Å²) < 4.78 is 9.67. The van der Waals surface area contributed by atoms with Crippen LogP contribution in [0.3, 0.4) is 0 Å². The smallest absolute Gasteiger partial charge is 0.309 e. The lowest BCUT2D eigenvalue weighted by atomic mass is 9.91. The van der Waals surface area contributed by atoms with Gasteiger partial charge >= 0.3 is 23.6 Å². The topological polar surface area (TPSA) is 136 Å². The zero-order chi connectivity index (χ0) is 15.4. The van der Waals surface area contributed by atoms with Gasteiger partial charge in [0, 0.05) is 12.1 Å². The zero-order valence-electron chi connectivity index (χ0n) is 11.6. The van der Waals surface area contributed by atoms with Crippen LogP contribution in [0.4, 0.5) is 0 Å². The van der Waals surface area contributed by atoms with E-state index in [0.29, 0.717) is 0 Å². The van der Waals surface area contributed by atoms with E-state index in [9.17, 15) is 9.59 Å². The molecule has 2 aromatic heterocycles. The molecule has 1 saturated carbocycles. The maximum absolute atomic E-state index is 11.8. The third kappa shape index (κ3) is 3.27. The summed E-state index contributed by atoms with van der Waals surface area (Å²) >= 11 is 0. The van der Waals surface area contributed by atoms with E-state index in [1.54, 1.807) is 0 Å². The van der Waals surface area contributed by atoms with Crippen molar-refractivity contribution < 1.29 is 18.4 Å². The first-order chi connectivity index (χ1) is 10.7. The summed E-state index contributed by atoms with van der Waals surface area (Å²) in [5, 5.41) is 19.7. The van der Waals surface area contributed by atoms with E-state index in [2.05, 4.69) is 31.0 Å². The SMILES string of the molecule is O=C(NC1CCC(NC(=O)c2nnco2)CC1)c1nnco1. The quantitative estimate of drug-likeness (QED) is 0.800. The molecule has 1 aliphatic carbocycles. The van der Waals surface area contributed by atoms with Crippen molar-refractivity contribution in [3.63, 3.8) is 0 Å². The highest BCUT2D eigenvalue weighted by Crippen LogP contribution is 2.19. The highest BCUT2D eigenvalue weighted by Gasteiger charge is 2.26. The Bertz CT molecular complexity index is 562. The molecule has 2 amide bonds. The third-order valence-corrected chi connectivity index (χ3v) is 3.51. The third-order valence-electron chi connectivity index (χ3n) is 3.51. The van der Waals surface area contributed by atoms with Crippen LogP contribution >= 0.6 is 0 Å². The molecule has 2 N–H and O–H groups in total. The van der Waals surface area contributed by atoms with Gasteiger partial charge in [0.15, 0.2) is 0 Å². The predicted molar refractivity (Wildman–Crippen MR) is 69.6 cm³/mol. The van der Waals surface area contributed by atoms with Crippen molar-refractivity contribution in [3.8, 4) is 0 Å². The molecule has 2 heterocycles. The molecule has 0 bridgehead atoms. The lowest BCUT2D eigenvalue weighted by Crippen LogP contribution is -2.44. The van der Waals surface area contributed by atoms with E-state index in [4.69, 9.17) is 8.83 Å². The number of aromatic nitrogens is 4. The number of nitrogens with one attached hydrogen (secondary N) is 2. The van der Waals surface area contributed by atoms with Gasteiger partial charge in [-0.25, -0.2) is 0 Å². The summed E-state index contributed by atoms with van der Waals surface area (Å²) in [5.74, 6) is -0.856. The van der Waals surface area contributed by atoms with E-state index in [1.165, 1.54) is 0 Å². The van der Waals surface area contributed by atoms with Gasteiger partial charge in [-0.1, -0.05) is 0 Å². The van der Waals surface area contributed by atoms with Crippen LogP contribution < -0.4 is 10.6 Å². The van der Waals surface area contributed by atoms with E-state index in [0.717, 1.165) is 38.5 Å². The second kappa shape index (κ2) is 6.33. The molecule has 0 atom stereocenters. The molecular formula is C12H14N6O4. The fourth-order valence-electron chi connectivity index (χ4n) is 2.42. The number of hydrogen-bond donors (Lipinski definition) is 2. The number of hydrogen-bond acceptors (Lipinski definition) is 8. The van der Waals surface area contributed by atoms with Crippen molar-refractivity contribution in [1.29, 1.82) is 0 Å². The molecule has 0 spiro atoms. The summed E-state index contributed by atoms with van der Waals surface area (Å²) in [7, 11) is 0. The molecule has 116 valence electrons. The molecule has 3 rings (SSSR count). The van der Waals surface area contributed by atoms with E-state index >= 15 is 0 Å². The number of rotatable bonds is 4. The van der Waals surface area contributed by atoms with E-state index < -0.39 is 0 Å². The molecule has 0 saturated heterocycles. The van der Waals surface area contributed by atoms with Crippen molar-refractivity contribution in [2.75, 3.05) is 0 Å². The van der Waals surface area contributed by atoms with Gasteiger partial charge in [-0.3, -0.25) is 9.59 Å². The highest BCUT2D eigenvalue weighted by atomic mass is 16.4. The van der Waals surface area contributed by atoms with Crippen molar-refractivity contribution in [3.05, 3.63) is 24.6 Å². The minimum Gasteiger partial charge on any atom is -0.420 e. The zero-order valence-corrected chi connectivity index (χ0v) is 11.6. The lowest BCUT2D eigenvalue weighted by molar-refractivity contribution is 0.0857. The predicted octanol–water partition coefficient (Wildman–Crippen LogP) is -0.0764. The molecule has 1 fully saturated rings. The Balaban J connectivity index is 1.44. The molecule has 0 radical (unpaired) electrons. The molecule has 1 aliphatic rings. The Morgan fingerprint density at radius 3 is 1.59 bits per heavy atom. The van der Waals surface area contributed by atoms with Gasteiger partial charge in [-0.15, -0.1) is 20.4 Å². The van der Waals surface area contributed by atoms with Crippen LogP contribution in [-0.4, -0.2) is 44.3 Å². The molecule has 0 unspecified atom stereocenters. The molecule has 2 aromatic rings. The maximum atomic E-state index is 11.8. The van der Waals surface area contributed by atoms with Crippen LogP contribution in [0.2, 0.25) is 0 Å².